The Balaban J connectivity index is 3.00. The molecule has 15 heavy (non-hydrogen) atoms. The van der Waals surface area contributed by atoms with Crippen molar-refractivity contribution < 1.29 is 9.53 Å². The molecule has 1 amide bonds. The van der Waals surface area contributed by atoms with Gasteiger partial charge in [0.15, 0.2) is 5.60 Å². The highest BCUT2D eigenvalue weighted by atomic mass is 79.9. The third-order valence-corrected chi connectivity index (χ3v) is 3.15. The van der Waals surface area contributed by atoms with Gasteiger partial charge in [0.25, 0.3) is 5.91 Å². The van der Waals surface area contributed by atoms with Gasteiger partial charge in [-0.25, -0.2) is 0 Å². The minimum absolute atomic E-state index is 0.423. The number of carbonyl (C=O) groups excluding carboxylic acids is 1. The topological polar surface area (TPSA) is 52.3 Å². The van der Waals surface area contributed by atoms with Crippen LogP contribution in [0.4, 0.5) is 0 Å². The number of nitrogens with two attached hydrogens (primary N) is 1. The van der Waals surface area contributed by atoms with E-state index in [1.165, 1.54) is 0 Å². The molecule has 82 valence electrons. The van der Waals surface area contributed by atoms with Crippen molar-refractivity contribution in [1.82, 2.24) is 0 Å². The zero-order valence-electron chi connectivity index (χ0n) is 8.38. The molecule has 0 aliphatic heterocycles. The van der Waals surface area contributed by atoms with Crippen LogP contribution in [-0.4, -0.2) is 11.5 Å². The van der Waals surface area contributed by atoms with Crippen molar-refractivity contribution in [3.8, 4) is 5.75 Å². The van der Waals surface area contributed by atoms with Gasteiger partial charge in [0.1, 0.15) is 5.75 Å². The summed E-state index contributed by atoms with van der Waals surface area (Å²) in [5.41, 5.74) is 4.11. The van der Waals surface area contributed by atoms with Crippen LogP contribution in [-0.2, 0) is 4.79 Å². The fraction of sp³-hybridized carbons (Fsp3) is 0.300. The third kappa shape index (κ3) is 2.86. The number of primary amides is 1. The smallest absolute Gasteiger partial charge is 0.261 e. The quantitative estimate of drug-likeness (QED) is 0.931. The lowest BCUT2D eigenvalue weighted by molar-refractivity contribution is -0.130. The molecular weight excluding hydrogens is 281 g/mol. The summed E-state index contributed by atoms with van der Waals surface area (Å²) in [5, 5.41) is 0.423. The van der Waals surface area contributed by atoms with Crippen LogP contribution in [0.1, 0.15) is 13.8 Å². The molecule has 0 bridgehead atoms. The van der Waals surface area contributed by atoms with Crippen LogP contribution in [0.25, 0.3) is 0 Å². The monoisotopic (exact) mass is 291 g/mol. The number of halogens is 2. The molecule has 2 N–H and O–H groups in total. The van der Waals surface area contributed by atoms with Crippen molar-refractivity contribution in [1.29, 1.82) is 0 Å². The lowest BCUT2D eigenvalue weighted by atomic mass is 10.1. The van der Waals surface area contributed by atoms with Gasteiger partial charge in [0, 0.05) is 4.47 Å². The second-order valence-electron chi connectivity index (χ2n) is 3.53. The average molecular weight is 293 g/mol. The van der Waals surface area contributed by atoms with Crippen LogP contribution < -0.4 is 10.5 Å². The number of rotatable bonds is 3. The van der Waals surface area contributed by atoms with Crippen LogP contribution in [0.5, 0.6) is 5.75 Å². The molecule has 1 aromatic rings. The molecule has 0 heterocycles. The first kappa shape index (κ1) is 12.3. The van der Waals surface area contributed by atoms with E-state index >= 15 is 0 Å². The molecule has 0 spiro atoms. The Hall–Kier alpha value is -0.740. The lowest BCUT2D eigenvalue weighted by Gasteiger charge is -2.23. The van der Waals surface area contributed by atoms with Gasteiger partial charge in [0.05, 0.1) is 5.02 Å². The first-order valence-electron chi connectivity index (χ1n) is 4.27. The molecule has 0 atom stereocenters. The molecule has 0 aromatic heterocycles. The Kier molecular flexibility index (Phi) is 3.62. The minimum atomic E-state index is -1.08. The van der Waals surface area contributed by atoms with E-state index in [1.54, 1.807) is 32.0 Å². The second-order valence-corrected chi connectivity index (χ2v) is 4.76. The molecule has 1 rings (SSSR count). The molecule has 5 heteroatoms. The molecule has 0 fully saturated rings. The van der Waals surface area contributed by atoms with E-state index in [2.05, 4.69) is 15.9 Å². The maximum absolute atomic E-state index is 11.1. The van der Waals surface area contributed by atoms with Crippen LogP contribution in [0.15, 0.2) is 22.7 Å². The number of hydrogen-bond donors (Lipinski definition) is 1. The molecule has 0 saturated carbocycles. The molecule has 0 aliphatic rings. The van der Waals surface area contributed by atoms with Crippen molar-refractivity contribution in [3.63, 3.8) is 0 Å². The number of benzene rings is 1. The Labute approximate surface area is 102 Å². The highest BCUT2D eigenvalue weighted by Crippen LogP contribution is 2.33. The molecule has 0 radical (unpaired) electrons. The number of ether oxygens (including phenoxy) is 1. The van der Waals surface area contributed by atoms with Gasteiger partial charge in [-0.05, 0) is 41.9 Å². The van der Waals surface area contributed by atoms with Crippen LogP contribution >= 0.6 is 27.5 Å². The van der Waals surface area contributed by atoms with E-state index < -0.39 is 11.5 Å². The fourth-order valence-corrected chi connectivity index (χ4v) is 1.40. The summed E-state index contributed by atoms with van der Waals surface area (Å²) in [6.07, 6.45) is 0. The molecule has 0 aliphatic carbocycles. The molecule has 0 unspecified atom stereocenters. The number of hydrogen-bond acceptors (Lipinski definition) is 2. The standard InChI is InChI=1S/C10H11BrClNO2/c1-10(2,9(13)14)15-7-5-3-4-6(11)8(7)12/h3-5H,1-2H3,(H2,13,14). The Morgan fingerprint density at radius 3 is 2.67 bits per heavy atom. The largest absolute Gasteiger partial charge is 0.476 e. The van der Waals surface area contributed by atoms with E-state index in [0.29, 0.717) is 15.2 Å². The highest BCUT2D eigenvalue weighted by molar-refractivity contribution is 9.10. The highest BCUT2D eigenvalue weighted by Gasteiger charge is 2.28. The number of carbonyl (C=O) groups is 1. The molecule has 0 saturated heterocycles. The zero-order chi connectivity index (χ0) is 11.6. The lowest BCUT2D eigenvalue weighted by Crippen LogP contribution is -2.43. The minimum Gasteiger partial charge on any atom is -0.476 e. The van der Waals surface area contributed by atoms with Crippen molar-refractivity contribution >= 4 is 33.4 Å². The van der Waals surface area contributed by atoms with Gasteiger partial charge < -0.3 is 10.5 Å². The summed E-state index contributed by atoms with van der Waals surface area (Å²) in [6.45, 7) is 3.18. The summed E-state index contributed by atoms with van der Waals surface area (Å²) < 4.78 is 6.15. The SMILES string of the molecule is CC(C)(Oc1cccc(Br)c1Cl)C(N)=O. The van der Waals surface area contributed by atoms with Crippen molar-refractivity contribution in [2.24, 2.45) is 5.73 Å². The first-order chi connectivity index (χ1) is 6.84. The van der Waals surface area contributed by atoms with Crippen LogP contribution in [0.3, 0.4) is 0 Å². The van der Waals surface area contributed by atoms with Gasteiger partial charge in [-0.2, -0.15) is 0 Å². The van der Waals surface area contributed by atoms with Gasteiger partial charge in [-0.1, -0.05) is 17.7 Å². The van der Waals surface area contributed by atoms with E-state index in [0.717, 1.165) is 0 Å². The normalized spacial score (nSPS) is 11.2. The average Bonchev–Trinajstić information content (AvgIpc) is 2.12. The van der Waals surface area contributed by atoms with Crippen LogP contribution in [0, 0.1) is 0 Å². The van der Waals surface area contributed by atoms with Gasteiger partial charge >= 0.3 is 0 Å². The van der Waals surface area contributed by atoms with Crippen molar-refractivity contribution in [2.75, 3.05) is 0 Å². The third-order valence-electron chi connectivity index (χ3n) is 1.87. The zero-order valence-corrected chi connectivity index (χ0v) is 10.7. The summed E-state index contributed by atoms with van der Waals surface area (Å²) in [7, 11) is 0. The van der Waals surface area contributed by atoms with Crippen LogP contribution in [0.2, 0.25) is 5.02 Å². The Morgan fingerprint density at radius 1 is 1.53 bits per heavy atom. The summed E-state index contributed by atoms with van der Waals surface area (Å²) >= 11 is 9.24. The molecular formula is C10H11BrClNO2. The first-order valence-corrected chi connectivity index (χ1v) is 5.44. The number of amides is 1. The predicted octanol–water partition coefficient (Wildman–Crippen LogP) is 2.75. The predicted molar refractivity (Wildman–Crippen MR) is 63.1 cm³/mol. The Morgan fingerprint density at radius 2 is 2.13 bits per heavy atom. The van der Waals surface area contributed by atoms with Gasteiger partial charge in [-0.15, -0.1) is 0 Å². The Bertz CT molecular complexity index is 393. The summed E-state index contributed by atoms with van der Waals surface area (Å²) in [5.74, 6) is -0.117. The second kappa shape index (κ2) is 4.41. The van der Waals surface area contributed by atoms with E-state index in [1.807, 2.05) is 0 Å². The maximum Gasteiger partial charge on any atom is 0.261 e. The molecule has 3 nitrogen and oxygen atoms in total. The molecule has 1 aromatic carbocycles. The van der Waals surface area contributed by atoms with E-state index in [9.17, 15) is 4.79 Å². The van der Waals surface area contributed by atoms with Crippen molar-refractivity contribution in [2.45, 2.75) is 19.4 Å². The maximum atomic E-state index is 11.1. The van der Waals surface area contributed by atoms with Gasteiger partial charge in [0.2, 0.25) is 0 Å². The fourth-order valence-electron chi connectivity index (χ4n) is 0.888. The van der Waals surface area contributed by atoms with Crippen molar-refractivity contribution in [3.05, 3.63) is 27.7 Å². The van der Waals surface area contributed by atoms with E-state index in [4.69, 9.17) is 22.1 Å². The van der Waals surface area contributed by atoms with Gasteiger partial charge in [-0.3, -0.25) is 4.79 Å². The summed E-state index contributed by atoms with van der Waals surface area (Å²) in [6, 6.07) is 5.23. The summed E-state index contributed by atoms with van der Waals surface area (Å²) in [4.78, 5) is 11.1. The van der Waals surface area contributed by atoms with E-state index in [-0.39, 0.29) is 0 Å².